The van der Waals surface area contributed by atoms with E-state index in [1.807, 2.05) is 6.08 Å². The molecule has 0 spiro atoms. The maximum absolute atomic E-state index is 11.6. The van der Waals surface area contributed by atoms with Gasteiger partial charge in [0.15, 0.2) is 3.92 Å². The number of hydrogen-bond acceptors (Lipinski definition) is 5. The van der Waals surface area contributed by atoms with Gasteiger partial charge in [-0.3, -0.25) is 4.79 Å². The number of nitrogens with zero attached hydrogens (tertiary/aromatic N) is 3. The summed E-state index contributed by atoms with van der Waals surface area (Å²) in [5.74, 6) is 0.810. The first-order chi connectivity index (χ1) is 9.55. The molecule has 2 bridgehead atoms. The number of carbonyl (C=O) groups excluding carboxylic acids is 1. The summed E-state index contributed by atoms with van der Waals surface area (Å²) in [7, 11) is 0. The van der Waals surface area contributed by atoms with E-state index < -0.39 is 0 Å². The van der Waals surface area contributed by atoms with Gasteiger partial charge in [0, 0.05) is 31.8 Å². The first-order valence-electron chi connectivity index (χ1n) is 6.71. The number of piperidine rings is 1. The van der Waals surface area contributed by atoms with Crippen LogP contribution >= 0.6 is 27.3 Å². The summed E-state index contributed by atoms with van der Waals surface area (Å²) in [4.78, 5) is 13.8. The molecule has 1 aromatic heterocycles. The van der Waals surface area contributed by atoms with Crippen molar-refractivity contribution in [3.63, 3.8) is 0 Å². The summed E-state index contributed by atoms with van der Waals surface area (Å²) in [6.45, 7) is 7.36. The fourth-order valence-corrected chi connectivity index (χ4v) is 4.79. The third-order valence-corrected chi connectivity index (χ3v) is 5.90. The van der Waals surface area contributed by atoms with Crippen molar-refractivity contribution in [1.29, 1.82) is 0 Å². The van der Waals surface area contributed by atoms with E-state index in [0.29, 0.717) is 11.8 Å². The highest BCUT2D eigenvalue weighted by Crippen LogP contribution is 2.47. The van der Waals surface area contributed by atoms with E-state index in [0.717, 1.165) is 35.0 Å². The van der Waals surface area contributed by atoms with Gasteiger partial charge in [0.1, 0.15) is 0 Å². The van der Waals surface area contributed by atoms with Crippen LogP contribution in [0.5, 0.6) is 0 Å². The van der Waals surface area contributed by atoms with E-state index in [-0.39, 0.29) is 11.4 Å². The number of aromatic nitrogens is 2. The Labute approximate surface area is 130 Å². The third kappa shape index (κ3) is 2.16. The van der Waals surface area contributed by atoms with Crippen molar-refractivity contribution in [3.8, 4) is 0 Å². The van der Waals surface area contributed by atoms with Crippen LogP contribution in [-0.2, 0) is 4.79 Å². The van der Waals surface area contributed by atoms with Crippen molar-refractivity contribution in [3.05, 3.63) is 16.6 Å². The fraction of sp³-hybridized carbons (Fsp3) is 0.615. The van der Waals surface area contributed by atoms with Crippen molar-refractivity contribution in [2.45, 2.75) is 25.3 Å². The second-order valence-corrected chi connectivity index (χ2v) is 7.76. The van der Waals surface area contributed by atoms with Gasteiger partial charge in [0.05, 0.1) is 5.54 Å². The Morgan fingerprint density at radius 2 is 2.15 bits per heavy atom. The molecule has 0 unspecified atom stereocenters. The van der Waals surface area contributed by atoms with Crippen LogP contribution in [0.25, 0.3) is 0 Å². The normalized spacial score (nSPS) is 32.2. The van der Waals surface area contributed by atoms with Crippen molar-refractivity contribution < 1.29 is 4.79 Å². The standard InChI is InChI=1S/C13H17BrN4OS/c1-3-13(15-8(2)19)9-4-5-10(13)7-18(6-9)12-17-16-11(14)20-12/h3,9-10H,1,4-7H2,2H3,(H,15,19)/t9-,10+,13-. The summed E-state index contributed by atoms with van der Waals surface area (Å²) in [5, 5.41) is 12.3. The number of nitrogens with one attached hydrogen (secondary N) is 1. The van der Waals surface area contributed by atoms with Gasteiger partial charge < -0.3 is 10.2 Å². The number of anilines is 1. The first-order valence-corrected chi connectivity index (χ1v) is 8.32. The quantitative estimate of drug-likeness (QED) is 0.843. The van der Waals surface area contributed by atoms with E-state index in [2.05, 4.69) is 42.9 Å². The predicted octanol–water partition coefficient (Wildman–Crippen LogP) is 2.21. The van der Waals surface area contributed by atoms with Gasteiger partial charge in [0.2, 0.25) is 11.0 Å². The Kier molecular flexibility index (Phi) is 3.58. The highest BCUT2D eigenvalue weighted by atomic mass is 79.9. The lowest BCUT2D eigenvalue weighted by Gasteiger charge is -2.46. The molecule has 0 aromatic carbocycles. The van der Waals surface area contributed by atoms with Gasteiger partial charge >= 0.3 is 0 Å². The van der Waals surface area contributed by atoms with Gasteiger partial charge in [-0.1, -0.05) is 17.4 Å². The Bertz CT molecular complexity index is 532. The lowest BCUT2D eigenvalue weighted by molar-refractivity contribution is -0.121. The smallest absolute Gasteiger partial charge is 0.217 e. The summed E-state index contributed by atoms with van der Waals surface area (Å²) in [6.07, 6.45) is 4.19. The highest BCUT2D eigenvalue weighted by molar-refractivity contribution is 9.11. The molecule has 1 saturated heterocycles. The highest BCUT2D eigenvalue weighted by Gasteiger charge is 2.53. The molecular weight excluding hydrogens is 340 g/mol. The lowest BCUT2D eigenvalue weighted by atomic mass is 9.77. The van der Waals surface area contributed by atoms with Gasteiger partial charge in [0.25, 0.3) is 0 Å². The zero-order valence-corrected chi connectivity index (χ0v) is 13.7. The van der Waals surface area contributed by atoms with Crippen LogP contribution < -0.4 is 10.2 Å². The van der Waals surface area contributed by atoms with Gasteiger partial charge in [-0.05, 0) is 28.8 Å². The van der Waals surface area contributed by atoms with Crippen molar-refractivity contribution in [1.82, 2.24) is 15.5 Å². The monoisotopic (exact) mass is 356 g/mol. The minimum atomic E-state index is -0.246. The lowest BCUT2D eigenvalue weighted by Crippen LogP contribution is -2.61. The second kappa shape index (κ2) is 5.11. The first kappa shape index (κ1) is 14.0. The number of fused-ring (bicyclic) bond motifs is 2. The Hall–Kier alpha value is -0.950. The molecule has 20 heavy (non-hydrogen) atoms. The molecule has 1 aromatic rings. The number of halogens is 1. The van der Waals surface area contributed by atoms with Gasteiger partial charge in [-0.15, -0.1) is 16.8 Å². The zero-order chi connectivity index (χ0) is 14.3. The van der Waals surface area contributed by atoms with Gasteiger partial charge in [-0.25, -0.2) is 0 Å². The SMILES string of the molecule is C=C[C@@]1(NC(C)=O)[C@@H]2CC[C@H]1CN(c1nnc(Br)s1)C2. The van der Waals surface area contributed by atoms with Crippen LogP contribution in [0.15, 0.2) is 16.6 Å². The van der Waals surface area contributed by atoms with Crippen molar-refractivity contribution >= 4 is 38.3 Å². The summed E-state index contributed by atoms with van der Waals surface area (Å²) in [6, 6.07) is 0. The molecule has 2 fully saturated rings. The molecule has 7 heteroatoms. The van der Waals surface area contributed by atoms with Gasteiger partial charge in [-0.2, -0.15) is 0 Å². The Morgan fingerprint density at radius 3 is 2.60 bits per heavy atom. The van der Waals surface area contributed by atoms with Crippen LogP contribution in [0.2, 0.25) is 0 Å². The van der Waals surface area contributed by atoms with Crippen LogP contribution in [-0.4, -0.2) is 34.7 Å². The van der Waals surface area contributed by atoms with Crippen LogP contribution in [0, 0.1) is 11.8 Å². The molecule has 0 radical (unpaired) electrons. The second-order valence-electron chi connectivity index (χ2n) is 5.53. The van der Waals surface area contributed by atoms with E-state index >= 15 is 0 Å². The molecule has 5 nitrogen and oxygen atoms in total. The molecule has 2 aliphatic rings. The molecule has 1 aliphatic heterocycles. The van der Waals surface area contributed by atoms with Crippen LogP contribution in [0.4, 0.5) is 5.13 Å². The fourth-order valence-electron chi connectivity index (χ4n) is 3.68. The number of carbonyl (C=O) groups is 1. The Balaban J connectivity index is 1.85. The molecule has 3 rings (SSSR count). The van der Waals surface area contributed by atoms with Crippen LogP contribution in [0.1, 0.15) is 19.8 Å². The summed E-state index contributed by atoms with van der Waals surface area (Å²) < 4.78 is 0.808. The molecule has 1 aliphatic carbocycles. The largest absolute Gasteiger partial charge is 0.347 e. The summed E-state index contributed by atoms with van der Waals surface area (Å²) >= 11 is 4.91. The Morgan fingerprint density at radius 1 is 1.50 bits per heavy atom. The molecular formula is C13H17BrN4OS. The van der Waals surface area contributed by atoms with E-state index in [9.17, 15) is 4.79 Å². The maximum atomic E-state index is 11.6. The topological polar surface area (TPSA) is 58.1 Å². The molecule has 1 N–H and O–H groups in total. The molecule has 1 saturated carbocycles. The summed E-state index contributed by atoms with van der Waals surface area (Å²) in [5.41, 5.74) is -0.246. The number of amides is 1. The minimum Gasteiger partial charge on any atom is -0.347 e. The molecule has 3 atom stereocenters. The van der Waals surface area contributed by atoms with E-state index in [4.69, 9.17) is 0 Å². The van der Waals surface area contributed by atoms with E-state index in [1.54, 1.807) is 18.3 Å². The predicted molar refractivity (Wildman–Crippen MR) is 82.8 cm³/mol. The molecule has 1 amide bonds. The number of rotatable bonds is 3. The third-order valence-electron chi connectivity index (χ3n) is 4.49. The zero-order valence-electron chi connectivity index (χ0n) is 11.3. The van der Waals surface area contributed by atoms with E-state index in [1.165, 1.54) is 0 Å². The average Bonchev–Trinajstić information content (AvgIpc) is 2.88. The molecule has 108 valence electrons. The average molecular weight is 357 g/mol. The maximum Gasteiger partial charge on any atom is 0.217 e. The minimum absolute atomic E-state index is 0.0221. The molecule has 2 heterocycles. The number of hydrogen-bond donors (Lipinski definition) is 1. The van der Waals surface area contributed by atoms with Crippen molar-refractivity contribution in [2.24, 2.45) is 11.8 Å². The van der Waals surface area contributed by atoms with Crippen LogP contribution in [0.3, 0.4) is 0 Å². The van der Waals surface area contributed by atoms with Crippen molar-refractivity contribution in [2.75, 3.05) is 18.0 Å².